The van der Waals surface area contributed by atoms with Crippen LogP contribution in [0.15, 0.2) is 102 Å². The van der Waals surface area contributed by atoms with Crippen molar-refractivity contribution in [3.05, 3.63) is 125 Å². The van der Waals surface area contributed by atoms with Crippen LogP contribution in [0.2, 0.25) is 0 Å². The lowest BCUT2D eigenvalue weighted by molar-refractivity contribution is -0.245. The summed E-state index contributed by atoms with van der Waals surface area (Å²) in [6, 6.07) is 27.1. The second-order valence-electron chi connectivity index (χ2n) is 9.46. The van der Waals surface area contributed by atoms with Crippen molar-refractivity contribution < 1.29 is 19.4 Å². The Balaban J connectivity index is 1.21. The summed E-state index contributed by atoms with van der Waals surface area (Å²) < 4.78 is 12.8. The van der Waals surface area contributed by atoms with Gasteiger partial charge in [0.25, 0.3) is 0 Å². The first kappa shape index (κ1) is 27.8. The van der Waals surface area contributed by atoms with Crippen molar-refractivity contribution in [3.8, 4) is 0 Å². The SMILES string of the molecule is O=C(NCc1ccccc1)NCc1ccc([C@@H]2O[C@H](CSc3ncccn3)C[C@H](c3ccc(CO)cc3)O2)cc1. The van der Waals surface area contributed by atoms with Gasteiger partial charge in [-0.25, -0.2) is 14.8 Å². The molecule has 3 atom stereocenters. The van der Waals surface area contributed by atoms with Gasteiger partial charge < -0.3 is 25.2 Å². The number of aromatic nitrogens is 2. The van der Waals surface area contributed by atoms with Crippen LogP contribution in [0.1, 0.15) is 46.6 Å². The van der Waals surface area contributed by atoms with E-state index in [1.54, 1.807) is 30.2 Å². The number of aliphatic hydroxyl groups is 1. The number of benzene rings is 3. The number of aliphatic hydroxyl groups excluding tert-OH is 1. The number of urea groups is 1. The minimum absolute atomic E-state index is 0.00374. The monoisotopic (exact) mass is 556 g/mol. The molecule has 9 heteroatoms. The van der Waals surface area contributed by atoms with E-state index in [9.17, 15) is 9.90 Å². The highest BCUT2D eigenvalue weighted by Crippen LogP contribution is 2.39. The third kappa shape index (κ3) is 7.89. The summed E-state index contributed by atoms with van der Waals surface area (Å²) in [5.41, 5.74) is 4.82. The highest BCUT2D eigenvalue weighted by Gasteiger charge is 2.32. The number of thioether (sulfide) groups is 1. The third-order valence-corrected chi connectivity index (χ3v) is 7.56. The van der Waals surface area contributed by atoms with Gasteiger partial charge in [-0.2, -0.15) is 0 Å². The summed E-state index contributed by atoms with van der Waals surface area (Å²) in [6.45, 7) is 0.884. The number of amides is 2. The molecule has 3 aromatic carbocycles. The van der Waals surface area contributed by atoms with Gasteiger partial charge in [0.05, 0.1) is 18.8 Å². The minimum atomic E-state index is -0.547. The van der Waals surface area contributed by atoms with Crippen molar-refractivity contribution >= 4 is 17.8 Å². The number of rotatable bonds is 10. The summed E-state index contributed by atoms with van der Waals surface area (Å²) >= 11 is 1.56. The summed E-state index contributed by atoms with van der Waals surface area (Å²) in [5.74, 6) is 0.690. The van der Waals surface area contributed by atoms with Crippen molar-refractivity contribution in [3.63, 3.8) is 0 Å². The average Bonchev–Trinajstić information content (AvgIpc) is 3.03. The zero-order valence-corrected chi connectivity index (χ0v) is 22.8. The maximum absolute atomic E-state index is 12.2. The molecule has 2 heterocycles. The first-order chi connectivity index (χ1) is 19.7. The minimum Gasteiger partial charge on any atom is -0.392 e. The Kier molecular flexibility index (Phi) is 9.76. The fourth-order valence-electron chi connectivity index (χ4n) is 4.37. The number of ether oxygens (including phenoxy) is 2. The predicted octanol–water partition coefficient (Wildman–Crippen LogP) is 5.31. The maximum Gasteiger partial charge on any atom is 0.315 e. The van der Waals surface area contributed by atoms with E-state index in [4.69, 9.17) is 9.47 Å². The molecule has 0 radical (unpaired) electrons. The first-order valence-electron chi connectivity index (χ1n) is 13.2. The maximum atomic E-state index is 12.2. The first-order valence-corrected chi connectivity index (χ1v) is 14.2. The molecule has 3 N–H and O–H groups in total. The van der Waals surface area contributed by atoms with Crippen molar-refractivity contribution in [2.75, 3.05) is 5.75 Å². The van der Waals surface area contributed by atoms with Gasteiger partial charge >= 0.3 is 6.03 Å². The normalized spacial score (nSPS) is 18.7. The molecule has 1 fully saturated rings. The van der Waals surface area contributed by atoms with Crippen LogP contribution in [0.4, 0.5) is 4.79 Å². The Morgan fingerprint density at radius 1 is 0.800 bits per heavy atom. The number of carbonyl (C=O) groups excluding carboxylic acids is 1. The Labute approximate surface area is 238 Å². The van der Waals surface area contributed by atoms with E-state index in [1.807, 2.05) is 78.9 Å². The Morgan fingerprint density at radius 3 is 2.10 bits per heavy atom. The molecule has 1 aromatic heterocycles. The van der Waals surface area contributed by atoms with E-state index < -0.39 is 6.29 Å². The van der Waals surface area contributed by atoms with E-state index in [0.717, 1.165) is 27.8 Å². The number of carbonyl (C=O) groups is 1. The van der Waals surface area contributed by atoms with Crippen LogP contribution in [0.5, 0.6) is 0 Å². The van der Waals surface area contributed by atoms with Gasteiger partial charge in [-0.1, -0.05) is 90.6 Å². The van der Waals surface area contributed by atoms with Gasteiger partial charge in [-0.05, 0) is 28.3 Å². The van der Waals surface area contributed by atoms with Gasteiger partial charge in [-0.3, -0.25) is 0 Å². The lowest BCUT2D eigenvalue weighted by Gasteiger charge is -2.36. The lowest BCUT2D eigenvalue weighted by atomic mass is 10.0. The number of nitrogens with one attached hydrogen (secondary N) is 2. The molecule has 0 aliphatic carbocycles. The van der Waals surface area contributed by atoms with Crippen LogP contribution < -0.4 is 10.6 Å². The second-order valence-corrected chi connectivity index (χ2v) is 10.4. The lowest BCUT2D eigenvalue weighted by Crippen LogP contribution is -2.34. The van der Waals surface area contributed by atoms with Gasteiger partial charge in [-0.15, -0.1) is 0 Å². The van der Waals surface area contributed by atoms with Gasteiger partial charge in [0.15, 0.2) is 11.4 Å². The standard InChI is InChI=1S/C31H32N4O4S/c36-20-24-9-11-25(12-10-24)28-17-27(21-40-31-32-15-4-16-33-31)38-29(39-28)26-13-7-23(8-14-26)19-35-30(37)34-18-22-5-2-1-3-6-22/h1-16,27-29,36H,17-21H2,(H2,34,35,37)/t27-,28+,29+/m0/s1. The zero-order chi connectivity index (χ0) is 27.6. The smallest absolute Gasteiger partial charge is 0.315 e. The van der Waals surface area contributed by atoms with Crippen LogP contribution in [0.25, 0.3) is 0 Å². The van der Waals surface area contributed by atoms with Crippen LogP contribution >= 0.6 is 11.8 Å². The molecule has 8 nitrogen and oxygen atoms in total. The highest BCUT2D eigenvalue weighted by atomic mass is 32.2. The van der Waals surface area contributed by atoms with Gasteiger partial charge in [0.2, 0.25) is 0 Å². The van der Waals surface area contributed by atoms with E-state index in [-0.39, 0.29) is 24.8 Å². The highest BCUT2D eigenvalue weighted by molar-refractivity contribution is 7.99. The summed E-state index contributed by atoms with van der Waals surface area (Å²) in [7, 11) is 0. The Hall–Kier alpha value is -3.76. The predicted molar refractivity (Wildman–Crippen MR) is 153 cm³/mol. The van der Waals surface area contributed by atoms with Gasteiger partial charge in [0, 0.05) is 43.2 Å². The van der Waals surface area contributed by atoms with Crippen molar-refractivity contribution in [2.24, 2.45) is 0 Å². The van der Waals surface area contributed by atoms with Crippen LogP contribution in [-0.2, 0) is 29.2 Å². The number of hydrogen-bond acceptors (Lipinski definition) is 7. The fourth-order valence-corrected chi connectivity index (χ4v) is 5.19. The van der Waals surface area contributed by atoms with E-state index in [1.165, 1.54) is 0 Å². The van der Waals surface area contributed by atoms with Crippen molar-refractivity contribution in [1.82, 2.24) is 20.6 Å². The van der Waals surface area contributed by atoms with E-state index >= 15 is 0 Å². The molecule has 4 aromatic rings. The molecule has 2 amide bonds. The topological polar surface area (TPSA) is 106 Å². The zero-order valence-electron chi connectivity index (χ0n) is 22.0. The molecule has 0 spiro atoms. The van der Waals surface area contributed by atoms with Crippen molar-refractivity contribution in [2.45, 2.75) is 49.8 Å². The molecule has 1 aliphatic heterocycles. The van der Waals surface area contributed by atoms with E-state index in [2.05, 4.69) is 20.6 Å². The molecule has 206 valence electrons. The summed E-state index contributed by atoms with van der Waals surface area (Å²) in [5, 5.41) is 15.9. The van der Waals surface area contributed by atoms with Crippen LogP contribution in [0, 0.1) is 0 Å². The second kappa shape index (κ2) is 14.0. The molecule has 0 saturated carbocycles. The molecule has 0 bridgehead atoms. The fraction of sp³-hybridized carbons (Fsp3) is 0.258. The quantitative estimate of drug-likeness (QED) is 0.180. The van der Waals surface area contributed by atoms with Crippen LogP contribution in [0.3, 0.4) is 0 Å². The average molecular weight is 557 g/mol. The van der Waals surface area contributed by atoms with Gasteiger partial charge in [0.1, 0.15) is 0 Å². The Bertz CT molecular complexity index is 1340. The van der Waals surface area contributed by atoms with E-state index in [0.29, 0.717) is 30.4 Å². The number of nitrogens with zero attached hydrogens (tertiary/aromatic N) is 2. The number of hydrogen-bond donors (Lipinski definition) is 3. The molecule has 5 rings (SSSR count). The molecule has 1 saturated heterocycles. The third-order valence-electron chi connectivity index (χ3n) is 6.56. The summed E-state index contributed by atoms with van der Waals surface area (Å²) in [6.07, 6.45) is 3.37. The molecular formula is C31H32N4O4S. The van der Waals surface area contributed by atoms with Crippen molar-refractivity contribution in [1.29, 1.82) is 0 Å². The summed E-state index contributed by atoms with van der Waals surface area (Å²) in [4.78, 5) is 20.8. The largest absolute Gasteiger partial charge is 0.392 e. The Morgan fingerprint density at radius 2 is 1.43 bits per heavy atom. The van der Waals surface area contributed by atoms with Crippen LogP contribution in [-0.4, -0.2) is 33.0 Å². The molecule has 0 unspecified atom stereocenters. The molecular weight excluding hydrogens is 524 g/mol. The molecule has 40 heavy (non-hydrogen) atoms. The molecule has 1 aliphatic rings.